The Balaban J connectivity index is 4.14. The largest absolute Gasteiger partial charge is 0.472 e. The Morgan fingerprint density at radius 1 is 0.492 bits per heavy atom. The molecule has 9 nitrogen and oxygen atoms in total. The lowest BCUT2D eigenvalue weighted by Gasteiger charge is -2.24. The highest BCUT2D eigenvalue weighted by Gasteiger charge is 2.27. The summed E-state index contributed by atoms with van der Waals surface area (Å²) in [7, 11) is 1.47. The lowest BCUT2D eigenvalue weighted by atomic mass is 10.0. The highest BCUT2D eigenvalue weighted by Crippen LogP contribution is 2.43. The first-order valence-electron chi connectivity index (χ1n) is 26.2. The minimum atomic E-state index is -4.38. The Morgan fingerprint density at radius 3 is 1.32 bits per heavy atom. The van der Waals surface area contributed by atoms with Gasteiger partial charge in [0.15, 0.2) is 6.10 Å². The highest BCUT2D eigenvalue weighted by molar-refractivity contribution is 7.47. The number of allylic oxidation sites excluding steroid dienone is 12. The molecule has 0 saturated carbocycles. The number of nitrogens with zero attached hydrogens (tertiary/aromatic N) is 1. The van der Waals surface area contributed by atoms with Crippen molar-refractivity contribution in [2.75, 3.05) is 47.5 Å². The number of carbonyl (C=O) groups excluding carboxylic acids is 2. The zero-order chi connectivity index (χ0) is 47.8. The van der Waals surface area contributed by atoms with Crippen LogP contribution in [0.2, 0.25) is 0 Å². The summed E-state index contributed by atoms with van der Waals surface area (Å²) < 4.78 is 34.4. The second-order valence-corrected chi connectivity index (χ2v) is 20.0. The molecule has 0 bridgehead atoms. The molecule has 1 N–H and O–H groups in total. The van der Waals surface area contributed by atoms with Gasteiger partial charge in [-0.1, -0.05) is 189 Å². The molecule has 0 aliphatic carbocycles. The van der Waals surface area contributed by atoms with E-state index >= 15 is 0 Å². The normalized spacial score (nSPS) is 14.0. The fourth-order valence-electron chi connectivity index (χ4n) is 6.92. The lowest BCUT2D eigenvalue weighted by Crippen LogP contribution is -2.37. The third-order valence-electron chi connectivity index (χ3n) is 11.0. The Kier molecular flexibility index (Phi) is 44.7. The van der Waals surface area contributed by atoms with Crippen LogP contribution in [-0.2, 0) is 32.7 Å². The predicted octanol–water partition coefficient (Wildman–Crippen LogP) is 15.8. The SMILES string of the molecule is CC/C=C\C/C=C\C/C=C\C/C=C\C/C=C\CCCCCCCCCCCCCCCC(=O)OC(COC(=O)CCCCCCC/C=C\CCCCC)COP(=O)(O)OCC[N+](C)(C)C. The topological polar surface area (TPSA) is 108 Å². The summed E-state index contributed by atoms with van der Waals surface area (Å²) in [4.78, 5) is 35.5. The van der Waals surface area contributed by atoms with E-state index in [4.69, 9.17) is 18.5 Å². The number of unbranched alkanes of at least 4 members (excludes halogenated alkanes) is 21. The van der Waals surface area contributed by atoms with Crippen LogP contribution in [-0.4, -0.2) is 74.9 Å². The number of likely N-dealkylation sites (N-methyl/N-ethyl adjacent to an activating group) is 1. The number of hydrogen-bond donors (Lipinski definition) is 1. The van der Waals surface area contributed by atoms with E-state index in [1.54, 1.807) is 0 Å². The number of quaternary nitrogens is 1. The Morgan fingerprint density at radius 2 is 0.877 bits per heavy atom. The maximum absolute atomic E-state index is 12.8. The molecule has 0 aromatic carbocycles. The van der Waals surface area contributed by atoms with Crippen LogP contribution in [0.15, 0.2) is 72.9 Å². The zero-order valence-electron chi connectivity index (χ0n) is 42.5. The zero-order valence-corrected chi connectivity index (χ0v) is 43.3. The van der Waals surface area contributed by atoms with Crippen LogP contribution in [0.3, 0.4) is 0 Å². The van der Waals surface area contributed by atoms with Crippen molar-refractivity contribution >= 4 is 19.8 Å². The number of esters is 2. The molecule has 2 atom stereocenters. The van der Waals surface area contributed by atoms with Crippen LogP contribution in [0.5, 0.6) is 0 Å². The van der Waals surface area contributed by atoms with E-state index in [0.29, 0.717) is 17.4 Å². The average molecular weight is 933 g/mol. The molecular weight excluding hydrogens is 834 g/mol. The molecule has 0 rings (SSSR count). The lowest BCUT2D eigenvalue weighted by molar-refractivity contribution is -0.870. The van der Waals surface area contributed by atoms with Gasteiger partial charge in [-0.05, 0) is 83.5 Å². The maximum atomic E-state index is 12.8. The number of ether oxygens (including phenoxy) is 2. The van der Waals surface area contributed by atoms with Crippen LogP contribution in [0.4, 0.5) is 0 Å². The van der Waals surface area contributed by atoms with E-state index < -0.39 is 26.5 Å². The minimum Gasteiger partial charge on any atom is -0.462 e. The highest BCUT2D eigenvalue weighted by atomic mass is 31.2. The van der Waals surface area contributed by atoms with Crippen LogP contribution < -0.4 is 0 Å². The smallest absolute Gasteiger partial charge is 0.462 e. The monoisotopic (exact) mass is 933 g/mol. The maximum Gasteiger partial charge on any atom is 0.472 e. The summed E-state index contributed by atoms with van der Waals surface area (Å²) in [5.74, 6) is -0.811. The fourth-order valence-corrected chi connectivity index (χ4v) is 7.66. The molecular formula is C55H99NO8P+. The first-order chi connectivity index (χ1) is 31.5. The summed E-state index contributed by atoms with van der Waals surface area (Å²) in [5.41, 5.74) is 0. The summed E-state index contributed by atoms with van der Waals surface area (Å²) in [6, 6.07) is 0. The van der Waals surface area contributed by atoms with Gasteiger partial charge < -0.3 is 18.9 Å². The number of carbonyl (C=O) groups is 2. The molecule has 0 aromatic rings. The van der Waals surface area contributed by atoms with Crippen molar-refractivity contribution in [3.8, 4) is 0 Å². The first-order valence-corrected chi connectivity index (χ1v) is 27.7. The Bertz CT molecular complexity index is 1330. The third-order valence-corrected chi connectivity index (χ3v) is 12.0. The van der Waals surface area contributed by atoms with E-state index in [-0.39, 0.29) is 32.0 Å². The van der Waals surface area contributed by atoms with Crippen molar-refractivity contribution in [1.29, 1.82) is 0 Å². The molecule has 0 aromatic heterocycles. The van der Waals surface area contributed by atoms with Gasteiger partial charge in [0, 0.05) is 12.8 Å². The van der Waals surface area contributed by atoms with Gasteiger partial charge in [-0.15, -0.1) is 0 Å². The quantitative estimate of drug-likeness (QED) is 0.0211. The molecule has 0 spiro atoms. The summed E-state index contributed by atoms with van der Waals surface area (Å²) in [5, 5.41) is 0. The molecule has 0 amide bonds. The van der Waals surface area contributed by atoms with Gasteiger partial charge in [-0.25, -0.2) is 4.57 Å². The predicted molar refractivity (Wildman–Crippen MR) is 275 cm³/mol. The molecule has 0 aliphatic rings. The van der Waals surface area contributed by atoms with Crippen molar-refractivity contribution in [2.45, 2.75) is 219 Å². The second-order valence-electron chi connectivity index (χ2n) is 18.5. The van der Waals surface area contributed by atoms with Gasteiger partial charge >= 0.3 is 19.8 Å². The Hall–Kier alpha value is -2.55. The molecule has 0 saturated heterocycles. The fraction of sp³-hybridized carbons (Fsp3) is 0.745. The van der Waals surface area contributed by atoms with Crippen LogP contribution in [0, 0.1) is 0 Å². The van der Waals surface area contributed by atoms with Crippen LogP contribution in [0.1, 0.15) is 213 Å². The van der Waals surface area contributed by atoms with E-state index in [0.717, 1.165) is 89.9 Å². The molecule has 0 aliphatic heterocycles. The number of rotatable bonds is 47. The van der Waals surface area contributed by atoms with Gasteiger partial charge in [-0.3, -0.25) is 18.6 Å². The van der Waals surface area contributed by atoms with Crippen molar-refractivity contribution in [3.63, 3.8) is 0 Å². The number of hydrogen-bond acceptors (Lipinski definition) is 7. The summed E-state index contributed by atoms with van der Waals surface area (Å²) in [6.45, 7) is 4.28. The summed E-state index contributed by atoms with van der Waals surface area (Å²) >= 11 is 0. The van der Waals surface area contributed by atoms with Crippen molar-refractivity contribution in [2.24, 2.45) is 0 Å². The van der Waals surface area contributed by atoms with E-state index in [2.05, 4.69) is 86.8 Å². The second kappa shape index (κ2) is 46.6. The third kappa shape index (κ3) is 50.7. The first kappa shape index (κ1) is 62.4. The van der Waals surface area contributed by atoms with E-state index in [1.165, 1.54) is 89.9 Å². The molecule has 10 heteroatoms. The van der Waals surface area contributed by atoms with Crippen molar-refractivity contribution in [1.82, 2.24) is 0 Å². The van der Waals surface area contributed by atoms with Gasteiger partial charge in [-0.2, -0.15) is 0 Å². The standard InChI is InChI=1S/C55H98NO8P/c1-6-8-10-12-14-16-18-20-21-22-23-24-25-26-27-28-29-30-31-32-33-34-35-36-38-40-42-44-46-48-55(58)64-53(52-63-65(59,60)62-50-49-56(3,4)5)51-61-54(57)47-45-43-41-39-37-19-17-15-13-11-9-7-2/h8,10,14-17,20-21,23-24,26-27,53H,6-7,9,11-13,18-19,22,25,28-52H2,1-5H3/p+1/b10-8-,16-14-,17-15-,21-20-,24-23-,27-26-. The van der Waals surface area contributed by atoms with E-state index in [1.807, 2.05) is 21.1 Å². The molecule has 0 heterocycles. The van der Waals surface area contributed by atoms with E-state index in [9.17, 15) is 19.0 Å². The van der Waals surface area contributed by atoms with Crippen molar-refractivity contribution in [3.05, 3.63) is 72.9 Å². The molecule has 376 valence electrons. The van der Waals surface area contributed by atoms with Gasteiger partial charge in [0.25, 0.3) is 0 Å². The van der Waals surface area contributed by atoms with Gasteiger partial charge in [0.2, 0.25) is 0 Å². The van der Waals surface area contributed by atoms with Gasteiger partial charge in [0.05, 0.1) is 27.7 Å². The summed E-state index contributed by atoms with van der Waals surface area (Å²) in [6.07, 6.45) is 59.6. The molecule has 0 fully saturated rings. The molecule has 65 heavy (non-hydrogen) atoms. The van der Waals surface area contributed by atoms with Gasteiger partial charge in [0.1, 0.15) is 19.8 Å². The molecule has 0 radical (unpaired) electrons. The van der Waals surface area contributed by atoms with Crippen molar-refractivity contribution < 1.29 is 42.1 Å². The average Bonchev–Trinajstić information content (AvgIpc) is 3.26. The number of phosphoric ester groups is 1. The van der Waals surface area contributed by atoms with Crippen LogP contribution in [0.25, 0.3) is 0 Å². The Labute approximate surface area is 399 Å². The molecule has 2 unspecified atom stereocenters. The minimum absolute atomic E-state index is 0.0282. The number of phosphoric acid groups is 1. The van der Waals surface area contributed by atoms with Crippen LogP contribution >= 0.6 is 7.82 Å².